The Morgan fingerprint density at radius 1 is 0.783 bits per heavy atom. The number of benzene rings is 3. The van der Waals surface area contributed by atoms with Gasteiger partial charge in [-0.3, -0.25) is 0 Å². The van der Waals surface area contributed by atoms with Crippen LogP contribution in [0.15, 0.2) is 85.4 Å². The fourth-order valence-corrected chi connectivity index (χ4v) is 5.00. The molecule has 114 valence electrons. The van der Waals surface area contributed by atoms with Crippen LogP contribution in [0.3, 0.4) is 0 Å². The molecule has 0 fully saturated rings. The number of rotatable bonds is 5. The second-order valence-corrected chi connectivity index (χ2v) is 7.82. The Morgan fingerprint density at radius 2 is 1.35 bits per heavy atom. The molecular formula is C21H20OSi. The van der Waals surface area contributed by atoms with E-state index in [4.69, 9.17) is 4.43 Å². The van der Waals surface area contributed by atoms with Crippen LogP contribution in [0.25, 0.3) is 6.08 Å². The van der Waals surface area contributed by atoms with Gasteiger partial charge in [0.1, 0.15) is 5.75 Å². The summed E-state index contributed by atoms with van der Waals surface area (Å²) in [5, 5.41) is 2.56. The van der Waals surface area contributed by atoms with E-state index in [0.29, 0.717) is 0 Å². The van der Waals surface area contributed by atoms with E-state index in [9.17, 15) is 0 Å². The van der Waals surface area contributed by atoms with Crippen molar-refractivity contribution in [3.05, 3.63) is 96.6 Å². The standard InChI is InChI=1S/C21H20OSi/c1-3-18-11-10-16-21(17(18)2)22-23(19-12-6-4-7-13-19)20-14-8-5-9-15-20/h3-16,23H,1H2,2H3. The molecule has 0 N–H and O–H groups in total. The highest BCUT2D eigenvalue weighted by Crippen LogP contribution is 2.22. The summed E-state index contributed by atoms with van der Waals surface area (Å²) in [6.07, 6.45) is 1.88. The van der Waals surface area contributed by atoms with Gasteiger partial charge in [-0.05, 0) is 34.5 Å². The predicted octanol–water partition coefficient (Wildman–Crippen LogP) is 3.56. The Bertz CT molecular complexity index is 742. The van der Waals surface area contributed by atoms with Gasteiger partial charge in [0.25, 0.3) is 9.04 Å². The van der Waals surface area contributed by atoms with Crippen LogP contribution >= 0.6 is 0 Å². The van der Waals surface area contributed by atoms with Crippen molar-refractivity contribution < 1.29 is 4.43 Å². The van der Waals surface area contributed by atoms with Crippen LogP contribution in [-0.4, -0.2) is 9.04 Å². The maximum atomic E-state index is 6.55. The average Bonchev–Trinajstić information content (AvgIpc) is 2.62. The predicted molar refractivity (Wildman–Crippen MR) is 101 cm³/mol. The molecule has 2 heteroatoms. The van der Waals surface area contributed by atoms with E-state index in [1.807, 2.05) is 30.3 Å². The molecule has 1 nitrogen and oxygen atoms in total. The molecule has 0 heterocycles. The van der Waals surface area contributed by atoms with Gasteiger partial charge in [0.15, 0.2) is 0 Å². The molecule has 3 rings (SSSR count). The van der Waals surface area contributed by atoms with E-state index in [0.717, 1.165) is 16.9 Å². The third-order valence-corrected chi connectivity index (χ3v) is 6.47. The van der Waals surface area contributed by atoms with Crippen molar-refractivity contribution in [1.29, 1.82) is 0 Å². The second kappa shape index (κ2) is 7.12. The van der Waals surface area contributed by atoms with Crippen molar-refractivity contribution in [3.8, 4) is 5.75 Å². The van der Waals surface area contributed by atoms with Gasteiger partial charge in [-0.25, -0.2) is 0 Å². The molecule has 0 aliphatic heterocycles. The van der Waals surface area contributed by atoms with Crippen LogP contribution < -0.4 is 14.8 Å². The molecule has 0 saturated heterocycles. The first-order valence-electron chi connectivity index (χ1n) is 7.78. The Morgan fingerprint density at radius 3 is 1.87 bits per heavy atom. The summed E-state index contributed by atoms with van der Waals surface area (Å²) < 4.78 is 6.55. The molecular weight excluding hydrogens is 296 g/mol. The van der Waals surface area contributed by atoms with Gasteiger partial charge in [-0.1, -0.05) is 85.5 Å². The molecule has 3 aromatic carbocycles. The fourth-order valence-electron chi connectivity index (χ4n) is 2.69. The third-order valence-electron chi connectivity index (χ3n) is 4.00. The van der Waals surface area contributed by atoms with Gasteiger partial charge in [0.05, 0.1) is 0 Å². The molecule has 23 heavy (non-hydrogen) atoms. The van der Waals surface area contributed by atoms with E-state index >= 15 is 0 Å². The summed E-state index contributed by atoms with van der Waals surface area (Å²) in [5.74, 6) is 0.951. The molecule has 0 atom stereocenters. The van der Waals surface area contributed by atoms with Crippen molar-refractivity contribution in [2.75, 3.05) is 0 Å². The third kappa shape index (κ3) is 3.43. The van der Waals surface area contributed by atoms with E-state index in [2.05, 4.69) is 68.1 Å². The first kappa shape index (κ1) is 15.3. The molecule has 0 aromatic heterocycles. The van der Waals surface area contributed by atoms with E-state index in [-0.39, 0.29) is 0 Å². The Balaban J connectivity index is 2.02. The van der Waals surface area contributed by atoms with Crippen LogP contribution in [0.4, 0.5) is 0 Å². The summed E-state index contributed by atoms with van der Waals surface area (Å²) >= 11 is 0. The van der Waals surface area contributed by atoms with Crippen molar-refractivity contribution >= 4 is 25.5 Å². The zero-order chi connectivity index (χ0) is 16.1. The summed E-state index contributed by atoms with van der Waals surface area (Å²) in [6.45, 7) is 5.98. The van der Waals surface area contributed by atoms with Crippen molar-refractivity contribution in [2.24, 2.45) is 0 Å². The minimum absolute atomic E-state index is 0.951. The summed E-state index contributed by atoms with van der Waals surface area (Å²) in [7, 11) is -1.77. The normalized spacial score (nSPS) is 10.5. The lowest BCUT2D eigenvalue weighted by molar-refractivity contribution is 0.586. The highest BCUT2D eigenvalue weighted by molar-refractivity contribution is 6.80. The van der Waals surface area contributed by atoms with Gasteiger partial charge in [-0.15, -0.1) is 0 Å². The molecule has 0 unspecified atom stereocenters. The van der Waals surface area contributed by atoms with Gasteiger partial charge >= 0.3 is 0 Å². The lowest BCUT2D eigenvalue weighted by Crippen LogP contribution is -2.47. The molecule has 0 amide bonds. The minimum atomic E-state index is -1.77. The van der Waals surface area contributed by atoms with Crippen molar-refractivity contribution in [3.63, 3.8) is 0 Å². The Labute approximate surface area is 139 Å². The monoisotopic (exact) mass is 316 g/mol. The van der Waals surface area contributed by atoms with E-state index < -0.39 is 9.04 Å². The fraction of sp³-hybridized carbons (Fsp3) is 0.0476. The van der Waals surface area contributed by atoms with E-state index in [1.54, 1.807) is 0 Å². The largest absolute Gasteiger partial charge is 0.537 e. The van der Waals surface area contributed by atoms with Crippen LogP contribution in [0.2, 0.25) is 0 Å². The van der Waals surface area contributed by atoms with Crippen LogP contribution in [0.5, 0.6) is 5.75 Å². The van der Waals surface area contributed by atoms with Crippen LogP contribution in [-0.2, 0) is 0 Å². The molecule has 0 spiro atoms. The second-order valence-electron chi connectivity index (χ2n) is 5.49. The maximum Gasteiger partial charge on any atom is 0.299 e. The van der Waals surface area contributed by atoms with Gasteiger partial charge in [0.2, 0.25) is 0 Å². The molecule has 0 saturated carbocycles. The topological polar surface area (TPSA) is 9.23 Å². The average molecular weight is 316 g/mol. The molecule has 3 aromatic rings. The quantitative estimate of drug-likeness (QED) is 0.654. The van der Waals surface area contributed by atoms with Crippen molar-refractivity contribution in [2.45, 2.75) is 6.92 Å². The summed E-state index contributed by atoms with van der Waals surface area (Å²) in [4.78, 5) is 0. The molecule has 0 aliphatic rings. The first-order chi connectivity index (χ1) is 11.3. The molecule has 0 aliphatic carbocycles. The first-order valence-corrected chi connectivity index (χ1v) is 9.41. The Hall–Kier alpha value is -2.58. The maximum absolute atomic E-state index is 6.55. The summed E-state index contributed by atoms with van der Waals surface area (Å²) in [6, 6.07) is 27.2. The molecule has 0 bridgehead atoms. The minimum Gasteiger partial charge on any atom is -0.537 e. The molecule has 0 radical (unpaired) electrons. The lowest BCUT2D eigenvalue weighted by Gasteiger charge is -2.20. The van der Waals surface area contributed by atoms with Crippen LogP contribution in [0, 0.1) is 6.92 Å². The summed E-state index contributed by atoms with van der Waals surface area (Å²) in [5.41, 5.74) is 2.27. The van der Waals surface area contributed by atoms with Crippen molar-refractivity contribution in [1.82, 2.24) is 0 Å². The SMILES string of the molecule is C=Cc1cccc(O[SiH](c2ccccc2)c2ccccc2)c1C. The van der Waals surface area contributed by atoms with Gasteiger partial charge in [-0.2, -0.15) is 0 Å². The number of hydrogen-bond donors (Lipinski definition) is 0. The smallest absolute Gasteiger partial charge is 0.299 e. The van der Waals surface area contributed by atoms with Gasteiger partial charge < -0.3 is 4.43 Å². The van der Waals surface area contributed by atoms with Gasteiger partial charge in [0, 0.05) is 0 Å². The lowest BCUT2D eigenvalue weighted by atomic mass is 10.1. The van der Waals surface area contributed by atoms with Crippen LogP contribution in [0.1, 0.15) is 11.1 Å². The Kier molecular flexibility index (Phi) is 4.74. The van der Waals surface area contributed by atoms with E-state index in [1.165, 1.54) is 10.4 Å². The highest BCUT2D eigenvalue weighted by Gasteiger charge is 2.20. The zero-order valence-corrected chi connectivity index (χ0v) is 14.4. The number of hydrogen-bond acceptors (Lipinski definition) is 1. The zero-order valence-electron chi connectivity index (χ0n) is 13.3. The highest BCUT2D eigenvalue weighted by atomic mass is 28.3.